The summed E-state index contributed by atoms with van der Waals surface area (Å²) in [5, 5.41) is 13.4. The van der Waals surface area contributed by atoms with Crippen LogP contribution >= 0.6 is 11.3 Å². The summed E-state index contributed by atoms with van der Waals surface area (Å²) in [7, 11) is 0. The second kappa shape index (κ2) is 5.58. The van der Waals surface area contributed by atoms with E-state index in [4.69, 9.17) is 5.26 Å². The molecule has 0 fully saturated rings. The zero-order chi connectivity index (χ0) is 12.1. The van der Waals surface area contributed by atoms with Crippen LogP contribution in [0.3, 0.4) is 0 Å². The van der Waals surface area contributed by atoms with Crippen LogP contribution in [-0.4, -0.2) is 4.98 Å². The lowest BCUT2D eigenvalue weighted by Gasteiger charge is -2.04. The summed E-state index contributed by atoms with van der Waals surface area (Å²) in [6, 6.07) is 9.85. The maximum atomic E-state index is 8.95. The van der Waals surface area contributed by atoms with Gasteiger partial charge in [0.2, 0.25) is 0 Å². The highest BCUT2D eigenvalue weighted by Gasteiger charge is 2.01. The largest absolute Gasteiger partial charge is 0.308 e. The second-order valence-corrected chi connectivity index (χ2v) is 5.04. The first-order valence-electron chi connectivity index (χ1n) is 5.39. The third-order valence-corrected chi connectivity index (χ3v) is 3.33. The predicted molar refractivity (Wildman–Crippen MR) is 68.6 cm³/mol. The van der Waals surface area contributed by atoms with Crippen LogP contribution in [0.2, 0.25) is 0 Å². The Hall–Kier alpha value is -1.70. The molecule has 0 radical (unpaired) electrons. The molecule has 0 bridgehead atoms. The molecule has 0 saturated carbocycles. The van der Waals surface area contributed by atoms with Crippen molar-refractivity contribution in [2.45, 2.75) is 20.0 Å². The smallest absolute Gasteiger partial charge is 0.0995 e. The molecule has 1 aromatic carbocycles. The zero-order valence-corrected chi connectivity index (χ0v) is 10.4. The quantitative estimate of drug-likeness (QED) is 0.898. The van der Waals surface area contributed by atoms with Crippen molar-refractivity contribution in [2.24, 2.45) is 0 Å². The molecule has 1 heterocycles. The van der Waals surface area contributed by atoms with Crippen LogP contribution < -0.4 is 5.32 Å². The lowest BCUT2D eigenvalue weighted by Crippen LogP contribution is -2.12. The summed E-state index contributed by atoms with van der Waals surface area (Å²) < 4.78 is 0. The molecule has 1 aromatic heterocycles. The number of hydrogen-bond donors (Lipinski definition) is 1. The molecule has 1 N–H and O–H groups in total. The molecule has 0 unspecified atom stereocenters. The van der Waals surface area contributed by atoms with Crippen LogP contribution in [0.4, 0.5) is 0 Å². The summed E-state index contributed by atoms with van der Waals surface area (Å²) in [4.78, 5) is 5.42. The van der Waals surface area contributed by atoms with Crippen molar-refractivity contribution in [2.75, 3.05) is 0 Å². The molecule has 0 amide bonds. The third-order valence-electron chi connectivity index (χ3n) is 2.42. The molecule has 4 heteroatoms. The van der Waals surface area contributed by atoms with Crippen molar-refractivity contribution in [1.29, 1.82) is 5.26 Å². The fourth-order valence-electron chi connectivity index (χ4n) is 1.59. The van der Waals surface area contributed by atoms with E-state index in [0.29, 0.717) is 6.54 Å². The summed E-state index contributed by atoms with van der Waals surface area (Å²) in [6.07, 6.45) is 1.89. The molecular formula is C13H13N3S. The Morgan fingerprint density at radius 2 is 2.18 bits per heavy atom. The first kappa shape index (κ1) is 11.8. The Balaban J connectivity index is 1.92. The van der Waals surface area contributed by atoms with Crippen LogP contribution in [0.5, 0.6) is 0 Å². The average Bonchev–Trinajstić information content (AvgIpc) is 2.76. The van der Waals surface area contributed by atoms with Gasteiger partial charge >= 0.3 is 0 Å². The van der Waals surface area contributed by atoms with Gasteiger partial charge in [-0.3, -0.25) is 0 Å². The van der Waals surface area contributed by atoms with E-state index in [9.17, 15) is 0 Å². The fourth-order valence-corrected chi connectivity index (χ4v) is 2.36. The van der Waals surface area contributed by atoms with Crippen LogP contribution in [0.1, 0.15) is 21.0 Å². The summed E-state index contributed by atoms with van der Waals surface area (Å²) in [5.41, 5.74) is 1.77. The average molecular weight is 243 g/mol. The highest BCUT2D eigenvalue weighted by atomic mass is 32.1. The van der Waals surface area contributed by atoms with Crippen molar-refractivity contribution < 1.29 is 0 Å². The number of aromatic nitrogens is 1. The summed E-state index contributed by atoms with van der Waals surface area (Å²) >= 11 is 1.69. The molecule has 3 nitrogen and oxygen atoms in total. The predicted octanol–water partition coefficient (Wildman–Crippen LogP) is 2.61. The third kappa shape index (κ3) is 3.13. The molecular weight excluding hydrogens is 230 g/mol. The molecule has 2 aromatic rings. The van der Waals surface area contributed by atoms with E-state index in [0.717, 1.165) is 22.7 Å². The standard InChI is InChI=1S/C13H13N3S/c1-10-16-9-13(17-10)8-15-7-12-5-3-2-4-11(12)6-14/h2-5,9,15H,7-8H2,1H3. The minimum Gasteiger partial charge on any atom is -0.308 e. The van der Waals surface area contributed by atoms with Gasteiger partial charge in [-0.2, -0.15) is 5.26 Å². The van der Waals surface area contributed by atoms with Gasteiger partial charge in [0, 0.05) is 24.2 Å². The van der Waals surface area contributed by atoms with Gasteiger partial charge in [0.05, 0.1) is 16.6 Å². The van der Waals surface area contributed by atoms with Crippen LogP contribution in [0.15, 0.2) is 30.5 Å². The number of thiazole rings is 1. The highest BCUT2D eigenvalue weighted by molar-refractivity contribution is 7.11. The lowest BCUT2D eigenvalue weighted by molar-refractivity contribution is 0.699. The second-order valence-electron chi connectivity index (χ2n) is 3.72. The van der Waals surface area contributed by atoms with E-state index in [1.165, 1.54) is 4.88 Å². The van der Waals surface area contributed by atoms with Gasteiger partial charge in [-0.05, 0) is 18.6 Å². The van der Waals surface area contributed by atoms with E-state index in [1.54, 1.807) is 11.3 Å². The number of nitrogens with zero attached hydrogens (tertiary/aromatic N) is 2. The lowest BCUT2D eigenvalue weighted by atomic mass is 10.1. The van der Waals surface area contributed by atoms with Gasteiger partial charge < -0.3 is 5.32 Å². The number of benzene rings is 1. The van der Waals surface area contributed by atoms with Crippen molar-refractivity contribution >= 4 is 11.3 Å². The van der Waals surface area contributed by atoms with Crippen molar-refractivity contribution in [3.8, 4) is 6.07 Å². The van der Waals surface area contributed by atoms with Gasteiger partial charge in [-0.25, -0.2) is 4.98 Å². The first-order chi connectivity index (χ1) is 8.29. The number of aryl methyl sites for hydroxylation is 1. The number of nitrogens with one attached hydrogen (secondary N) is 1. The van der Waals surface area contributed by atoms with E-state index >= 15 is 0 Å². The van der Waals surface area contributed by atoms with Gasteiger partial charge in [-0.1, -0.05) is 18.2 Å². The Kier molecular flexibility index (Phi) is 3.86. The molecule has 0 spiro atoms. The van der Waals surface area contributed by atoms with Crippen LogP contribution in [0.25, 0.3) is 0 Å². The van der Waals surface area contributed by atoms with Crippen molar-refractivity contribution in [1.82, 2.24) is 10.3 Å². The van der Waals surface area contributed by atoms with Crippen molar-refractivity contribution in [3.63, 3.8) is 0 Å². The van der Waals surface area contributed by atoms with Gasteiger partial charge in [0.15, 0.2) is 0 Å². The van der Waals surface area contributed by atoms with Gasteiger partial charge in [0.25, 0.3) is 0 Å². The SMILES string of the molecule is Cc1ncc(CNCc2ccccc2C#N)s1. The topological polar surface area (TPSA) is 48.7 Å². The first-order valence-corrected chi connectivity index (χ1v) is 6.21. The van der Waals surface area contributed by atoms with Gasteiger partial charge in [0.1, 0.15) is 0 Å². The minimum absolute atomic E-state index is 0.709. The minimum atomic E-state index is 0.709. The van der Waals surface area contributed by atoms with E-state index in [1.807, 2.05) is 37.4 Å². The number of rotatable bonds is 4. The normalized spacial score (nSPS) is 10.1. The van der Waals surface area contributed by atoms with E-state index in [2.05, 4.69) is 16.4 Å². The Bertz CT molecular complexity index is 540. The molecule has 0 aliphatic carbocycles. The van der Waals surface area contributed by atoms with E-state index in [-0.39, 0.29) is 0 Å². The Morgan fingerprint density at radius 1 is 1.35 bits per heavy atom. The molecule has 0 aliphatic heterocycles. The Morgan fingerprint density at radius 3 is 2.88 bits per heavy atom. The maximum absolute atomic E-state index is 8.95. The Labute approximate surface area is 105 Å². The summed E-state index contributed by atoms with van der Waals surface area (Å²) in [6.45, 7) is 3.51. The molecule has 0 atom stereocenters. The molecule has 0 saturated heterocycles. The maximum Gasteiger partial charge on any atom is 0.0995 e. The van der Waals surface area contributed by atoms with Crippen LogP contribution in [-0.2, 0) is 13.1 Å². The monoisotopic (exact) mass is 243 g/mol. The number of hydrogen-bond acceptors (Lipinski definition) is 4. The molecule has 17 heavy (non-hydrogen) atoms. The molecule has 0 aliphatic rings. The van der Waals surface area contributed by atoms with Crippen LogP contribution in [0, 0.1) is 18.3 Å². The van der Waals surface area contributed by atoms with E-state index < -0.39 is 0 Å². The highest BCUT2D eigenvalue weighted by Crippen LogP contribution is 2.12. The fraction of sp³-hybridized carbons (Fsp3) is 0.231. The summed E-state index contributed by atoms with van der Waals surface area (Å²) in [5.74, 6) is 0. The zero-order valence-electron chi connectivity index (χ0n) is 9.60. The number of nitriles is 1. The molecule has 86 valence electrons. The molecule has 2 rings (SSSR count). The van der Waals surface area contributed by atoms with Crippen molar-refractivity contribution in [3.05, 3.63) is 51.5 Å². The van der Waals surface area contributed by atoms with Gasteiger partial charge in [-0.15, -0.1) is 11.3 Å².